The average molecular weight is 183 g/mol. The molecule has 2 saturated heterocycles. The van der Waals surface area contributed by atoms with Crippen molar-refractivity contribution >= 4 is 0 Å². The van der Waals surface area contributed by atoms with Crippen molar-refractivity contribution in [2.24, 2.45) is 11.3 Å². The standard InChI is InChI=1S/C10H17NO2/c12-7-9-5-8(9)6-13-10(9)1-3-11-4-2-10/h8,11-12H,1-7H2. The van der Waals surface area contributed by atoms with Gasteiger partial charge in [-0.25, -0.2) is 0 Å². The van der Waals surface area contributed by atoms with E-state index < -0.39 is 0 Å². The summed E-state index contributed by atoms with van der Waals surface area (Å²) in [6.07, 6.45) is 3.37. The van der Waals surface area contributed by atoms with Crippen molar-refractivity contribution in [3.63, 3.8) is 0 Å². The number of hydrogen-bond acceptors (Lipinski definition) is 3. The van der Waals surface area contributed by atoms with Gasteiger partial charge in [0.05, 0.1) is 18.8 Å². The predicted molar refractivity (Wildman–Crippen MR) is 48.4 cm³/mol. The van der Waals surface area contributed by atoms with Crippen LogP contribution in [-0.4, -0.2) is 37.0 Å². The van der Waals surface area contributed by atoms with E-state index >= 15 is 0 Å². The van der Waals surface area contributed by atoms with Crippen molar-refractivity contribution in [2.45, 2.75) is 24.9 Å². The van der Waals surface area contributed by atoms with Crippen molar-refractivity contribution in [1.29, 1.82) is 0 Å². The van der Waals surface area contributed by atoms with Gasteiger partial charge in [-0.3, -0.25) is 0 Å². The van der Waals surface area contributed by atoms with E-state index in [1.54, 1.807) is 0 Å². The summed E-state index contributed by atoms with van der Waals surface area (Å²) >= 11 is 0. The predicted octanol–water partition coefficient (Wildman–Crippen LogP) is 0.137. The molecule has 0 amide bonds. The molecule has 2 aliphatic heterocycles. The fourth-order valence-corrected chi connectivity index (χ4v) is 3.37. The summed E-state index contributed by atoms with van der Waals surface area (Å²) < 4.78 is 5.94. The Morgan fingerprint density at radius 2 is 2.15 bits per heavy atom. The van der Waals surface area contributed by atoms with Crippen LogP contribution >= 0.6 is 0 Å². The topological polar surface area (TPSA) is 41.5 Å². The number of aliphatic hydroxyl groups is 1. The van der Waals surface area contributed by atoms with E-state index in [0.29, 0.717) is 12.5 Å². The Morgan fingerprint density at radius 3 is 2.77 bits per heavy atom. The van der Waals surface area contributed by atoms with E-state index in [1.165, 1.54) is 6.42 Å². The van der Waals surface area contributed by atoms with Crippen LogP contribution in [0.3, 0.4) is 0 Å². The van der Waals surface area contributed by atoms with Gasteiger partial charge in [-0.15, -0.1) is 0 Å². The minimum Gasteiger partial charge on any atom is -0.396 e. The van der Waals surface area contributed by atoms with Crippen LogP contribution in [0.5, 0.6) is 0 Å². The number of ether oxygens (including phenoxy) is 1. The molecule has 3 aliphatic rings. The molecule has 0 aromatic carbocycles. The first kappa shape index (κ1) is 8.21. The van der Waals surface area contributed by atoms with E-state index in [-0.39, 0.29) is 11.0 Å². The molecule has 3 heteroatoms. The Hall–Kier alpha value is -0.120. The first-order valence-corrected chi connectivity index (χ1v) is 5.29. The fourth-order valence-electron chi connectivity index (χ4n) is 3.37. The van der Waals surface area contributed by atoms with Gasteiger partial charge in [0.2, 0.25) is 0 Å². The van der Waals surface area contributed by atoms with Crippen LogP contribution < -0.4 is 5.32 Å². The summed E-state index contributed by atoms with van der Waals surface area (Å²) in [4.78, 5) is 0. The van der Waals surface area contributed by atoms with Gasteiger partial charge < -0.3 is 15.2 Å². The Kier molecular flexibility index (Phi) is 1.56. The van der Waals surface area contributed by atoms with Crippen molar-refractivity contribution < 1.29 is 9.84 Å². The highest BCUT2D eigenvalue weighted by atomic mass is 16.5. The van der Waals surface area contributed by atoms with Crippen molar-refractivity contribution in [3.05, 3.63) is 0 Å². The molecule has 0 radical (unpaired) electrons. The Bertz CT molecular complexity index is 221. The highest BCUT2D eigenvalue weighted by Gasteiger charge is 2.71. The van der Waals surface area contributed by atoms with E-state index in [1.807, 2.05) is 0 Å². The number of nitrogens with one attached hydrogen (secondary N) is 1. The van der Waals surface area contributed by atoms with Crippen LogP contribution in [0.2, 0.25) is 0 Å². The first-order chi connectivity index (χ1) is 6.33. The highest BCUT2D eigenvalue weighted by Crippen LogP contribution is 2.67. The van der Waals surface area contributed by atoms with Gasteiger partial charge >= 0.3 is 0 Å². The summed E-state index contributed by atoms with van der Waals surface area (Å²) in [5, 5.41) is 12.8. The lowest BCUT2D eigenvalue weighted by atomic mass is 9.77. The maximum Gasteiger partial charge on any atom is 0.0788 e. The molecule has 0 aromatic heterocycles. The quantitative estimate of drug-likeness (QED) is 0.607. The van der Waals surface area contributed by atoms with Gasteiger partial charge in [-0.1, -0.05) is 0 Å². The number of aliphatic hydroxyl groups excluding tert-OH is 1. The van der Waals surface area contributed by atoms with Crippen LogP contribution in [0.1, 0.15) is 19.3 Å². The average Bonchev–Trinajstić information content (AvgIpc) is 2.86. The molecule has 1 saturated carbocycles. The molecule has 2 unspecified atom stereocenters. The van der Waals surface area contributed by atoms with Crippen LogP contribution in [0, 0.1) is 11.3 Å². The molecule has 1 spiro atoms. The lowest BCUT2D eigenvalue weighted by Crippen LogP contribution is -2.49. The molecule has 1 aliphatic carbocycles. The van der Waals surface area contributed by atoms with Crippen LogP contribution in [0.25, 0.3) is 0 Å². The second-order valence-electron chi connectivity index (χ2n) is 4.77. The second kappa shape index (κ2) is 2.47. The molecule has 3 rings (SSSR count). The molecule has 3 nitrogen and oxygen atoms in total. The summed E-state index contributed by atoms with van der Waals surface area (Å²) in [6, 6.07) is 0. The third-order valence-corrected chi connectivity index (χ3v) is 4.39. The number of rotatable bonds is 1. The Morgan fingerprint density at radius 1 is 1.38 bits per heavy atom. The number of piperidine rings is 1. The van der Waals surface area contributed by atoms with Gasteiger partial charge in [0.1, 0.15) is 0 Å². The fraction of sp³-hybridized carbons (Fsp3) is 1.00. The van der Waals surface area contributed by atoms with Gasteiger partial charge in [-0.2, -0.15) is 0 Å². The normalized spacial score (nSPS) is 46.4. The Balaban J connectivity index is 1.88. The van der Waals surface area contributed by atoms with Gasteiger partial charge in [-0.05, 0) is 38.3 Å². The number of fused-ring (bicyclic) bond motifs is 2. The summed E-state index contributed by atoms with van der Waals surface area (Å²) in [5.74, 6) is 0.663. The molecular weight excluding hydrogens is 166 g/mol. The molecule has 0 aromatic rings. The van der Waals surface area contributed by atoms with E-state index in [0.717, 1.165) is 32.5 Å². The minimum atomic E-state index is 0.0394. The van der Waals surface area contributed by atoms with Gasteiger partial charge in [0, 0.05) is 5.41 Å². The van der Waals surface area contributed by atoms with Crippen LogP contribution in [0.4, 0.5) is 0 Å². The van der Waals surface area contributed by atoms with E-state index in [4.69, 9.17) is 4.74 Å². The SMILES string of the molecule is OCC12CC1COC21CCNCC1. The molecule has 2 heterocycles. The Labute approximate surface area is 78.5 Å². The third kappa shape index (κ3) is 0.853. The zero-order valence-corrected chi connectivity index (χ0v) is 7.88. The smallest absolute Gasteiger partial charge is 0.0788 e. The molecular formula is C10H17NO2. The van der Waals surface area contributed by atoms with Gasteiger partial charge in [0.25, 0.3) is 0 Å². The summed E-state index contributed by atoms with van der Waals surface area (Å²) in [7, 11) is 0. The molecule has 3 fully saturated rings. The van der Waals surface area contributed by atoms with Gasteiger partial charge in [0.15, 0.2) is 0 Å². The van der Waals surface area contributed by atoms with E-state index in [2.05, 4.69) is 5.32 Å². The zero-order chi connectivity index (χ0) is 8.94. The maximum atomic E-state index is 9.48. The van der Waals surface area contributed by atoms with Crippen LogP contribution in [-0.2, 0) is 4.74 Å². The minimum absolute atomic E-state index is 0.0394. The van der Waals surface area contributed by atoms with Crippen molar-refractivity contribution in [2.75, 3.05) is 26.3 Å². The maximum absolute atomic E-state index is 9.48. The zero-order valence-electron chi connectivity index (χ0n) is 7.88. The molecule has 2 N–H and O–H groups in total. The highest BCUT2D eigenvalue weighted by molar-refractivity contribution is 5.19. The molecule has 13 heavy (non-hydrogen) atoms. The number of hydrogen-bond donors (Lipinski definition) is 2. The van der Waals surface area contributed by atoms with Crippen LogP contribution in [0.15, 0.2) is 0 Å². The second-order valence-corrected chi connectivity index (χ2v) is 4.77. The largest absolute Gasteiger partial charge is 0.396 e. The summed E-state index contributed by atoms with van der Waals surface area (Å²) in [6.45, 7) is 3.32. The lowest BCUT2D eigenvalue weighted by molar-refractivity contribution is -0.0872. The lowest BCUT2D eigenvalue weighted by Gasteiger charge is -2.40. The molecule has 74 valence electrons. The summed E-state index contributed by atoms with van der Waals surface area (Å²) in [5.41, 5.74) is 0.201. The molecule has 0 bridgehead atoms. The van der Waals surface area contributed by atoms with Crippen molar-refractivity contribution in [3.8, 4) is 0 Å². The molecule has 2 atom stereocenters. The first-order valence-electron chi connectivity index (χ1n) is 5.29. The monoisotopic (exact) mass is 183 g/mol. The third-order valence-electron chi connectivity index (χ3n) is 4.39. The van der Waals surface area contributed by atoms with E-state index in [9.17, 15) is 5.11 Å². The van der Waals surface area contributed by atoms with Crippen molar-refractivity contribution in [1.82, 2.24) is 5.32 Å².